The van der Waals surface area contributed by atoms with Crippen molar-refractivity contribution in [1.29, 1.82) is 5.41 Å². The molecule has 0 aromatic heterocycles. The summed E-state index contributed by atoms with van der Waals surface area (Å²) in [6.45, 7) is 4.45. The molecule has 0 aliphatic heterocycles. The number of aliphatic hydroxyl groups excluding tert-OH is 2. The zero-order chi connectivity index (χ0) is 84.6. The van der Waals surface area contributed by atoms with Crippen LogP contribution in [0.4, 0.5) is 0 Å². The molecule has 0 spiro atoms. The number of aliphatic carboxylic acids is 1. The van der Waals surface area contributed by atoms with Crippen molar-refractivity contribution in [2.45, 2.75) is 222 Å². The molecule has 1 aromatic carbocycles. The van der Waals surface area contributed by atoms with Gasteiger partial charge in [-0.05, 0) is 171 Å². The molecule has 0 saturated heterocycles. The third-order valence-electron chi connectivity index (χ3n) is 16.9. The zero-order valence-electron chi connectivity index (χ0n) is 64.4. The molecule has 13 atom stereocenters. The van der Waals surface area contributed by atoms with Crippen LogP contribution in [0.2, 0.25) is 0 Å². The molecule has 0 saturated carbocycles. The summed E-state index contributed by atoms with van der Waals surface area (Å²) in [7, 11) is 0. The van der Waals surface area contributed by atoms with Crippen molar-refractivity contribution in [1.82, 2.24) is 74.4 Å². The molecule has 0 aliphatic carbocycles. The summed E-state index contributed by atoms with van der Waals surface area (Å²) in [5.41, 5.74) is 34.1. The lowest BCUT2D eigenvalue weighted by Crippen LogP contribution is -2.62. The summed E-state index contributed by atoms with van der Waals surface area (Å²) in [6, 6.07) is -13.1. The van der Waals surface area contributed by atoms with Gasteiger partial charge in [0, 0.05) is 26.3 Å². The second-order valence-corrected chi connectivity index (χ2v) is 28.9. The van der Waals surface area contributed by atoms with Gasteiger partial charge in [0.2, 0.25) is 88.6 Å². The van der Waals surface area contributed by atoms with Crippen molar-refractivity contribution in [3.8, 4) is 5.75 Å². The maximum absolute atomic E-state index is 14.7. The van der Waals surface area contributed by atoms with Gasteiger partial charge in [0.25, 0.3) is 0 Å². The number of carbonyl (C=O) groups excluding carboxylic acids is 15. The predicted octanol–water partition coefficient (Wildman–Crippen LogP) is -7.31. The van der Waals surface area contributed by atoms with Gasteiger partial charge in [-0.3, -0.25) is 82.1 Å². The van der Waals surface area contributed by atoms with E-state index < -0.39 is 212 Å². The molecular weight excluding hydrogens is 1510 g/mol. The van der Waals surface area contributed by atoms with Gasteiger partial charge < -0.3 is 129 Å². The zero-order valence-corrected chi connectivity index (χ0v) is 66.0. The third-order valence-corrected chi connectivity index (χ3v) is 18.2. The molecule has 31 N–H and O–H groups in total. The van der Waals surface area contributed by atoms with Crippen LogP contribution in [0.15, 0.2) is 24.3 Å². The van der Waals surface area contributed by atoms with Gasteiger partial charge in [0.05, 0.1) is 25.7 Å². The Kier molecular flexibility index (Phi) is 49.9. The van der Waals surface area contributed by atoms with Crippen molar-refractivity contribution in [2.24, 2.45) is 40.3 Å². The fraction of sp³-hybridized carbons (Fsp3) is 0.667. The minimum absolute atomic E-state index is 0.0101. The molecule has 0 bridgehead atoms. The highest BCUT2D eigenvalue weighted by Crippen LogP contribution is 2.16. The molecular formula is C69H119N21O20S2. The fourth-order valence-electron chi connectivity index (χ4n) is 10.9. The van der Waals surface area contributed by atoms with Crippen molar-refractivity contribution in [2.75, 3.05) is 63.3 Å². The maximum Gasteiger partial charge on any atom is 0.305 e. The Morgan fingerprint density at radius 2 is 0.848 bits per heavy atom. The van der Waals surface area contributed by atoms with Gasteiger partial charge in [-0.1, -0.05) is 26.0 Å². The number of carboxylic acid groups (broad SMARTS) is 1. The molecule has 1 aromatic rings. The number of nitrogens with two attached hydrogens (primary N) is 6. The number of thioether (sulfide) groups is 2. The molecule has 0 fully saturated rings. The summed E-state index contributed by atoms with van der Waals surface area (Å²) in [6.07, 6.45) is 0.949. The lowest BCUT2D eigenvalue weighted by molar-refractivity contribution is -0.142. The quantitative estimate of drug-likeness (QED) is 0.0164. The lowest BCUT2D eigenvalue weighted by Gasteiger charge is -2.29. The monoisotopic (exact) mass is 1630 g/mol. The number of amides is 15. The Bertz CT molecular complexity index is 3250. The van der Waals surface area contributed by atoms with Crippen LogP contribution >= 0.6 is 23.5 Å². The first-order chi connectivity index (χ1) is 52.9. The molecule has 112 heavy (non-hydrogen) atoms. The summed E-state index contributed by atoms with van der Waals surface area (Å²) < 4.78 is 0. The highest BCUT2D eigenvalue weighted by Gasteiger charge is 2.38. The number of benzene rings is 1. The third kappa shape index (κ3) is 41.5. The first kappa shape index (κ1) is 100. The van der Waals surface area contributed by atoms with E-state index in [-0.39, 0.29) is 114 Å². The summed E-state index contributed by atoms with van der Waals surface area (Å²) in [5.74, 6) is -16.4. The van der Waals surface area contributed by atoms with E-state index in [9.17, 15) is 97.1 Å². The normalized spacial score (nSPS) is 14.5. The van der Waals surface area contributed by atoms with Gasteiger partial charge in [0.15, 0.2) is 5.96 Å². The number of aromatic hydroxyl groups is 1. The SMILES string of the molecule is CSCC[C@H](NC(C)=O)C(=O)NCC(=O)N[C@@H](Cc1ccc(O)cc1)C(=O)N[C@@H](CCC(N)=O)C(=O)N[C@@H](CCCCN)C(=O)N[C@@H](CCCCN)C(=O)N[C@@H](CC(C)C)C(=O)N[C@@H](CCCNC(=N)N)C(=O)N[C@@H](CO)C(=O)N[C@@H](CCSC)C(=O)N[C@H](C(=O)N[C@@H](CC(=O)O)C(=O)N[C@@H](CCCCN)C(N)=O)[C@@H](C)O. The van der Waals surface area contributed by atoms with E-state index >= 15 is 0 Å². The molecule has 0 aliphatic rings. The summed E-state index contributed by atoms with van der Waals surface area (Å²) >= 11 is 2.64. The van der Waals surface area contributed by atoms with Gasteiger partial charge in [-0.2, -0.15) is 23.5 Å². The van der Waals surface area contributed by atoms with Crippen molar-refractivity contribution in [3.05, 3.63) is 29.8 Å². The molecule has 0 radical (unpaired) electrons. The van der Waals surface area contributed by atoms with Crippen LogP contribution in [0.1, 0.15) is 142 Å². The van der Waals surface area contributed by atoms with Crippen molar-refractivity contribution >= 4 is 124 Å². The summed E-state index contributed by atoms with van der Waals surface area (Å²) in [5, 5.41) is 83.2. The fourth-order valence-corrected chi connectivity index (χ4v) is 11.8. The number of carbonyl (C=O) groups is 16. The number of guanidine groups is 1. The Morgan fingerprint density at radius 1 is 0.455 bits per heavy atom. The number of nitrogens with one attached hydrogen (secondary N) is 15. The molecule has 15 amide bonds. The molecule has 632 valence electrons. The van der Waals surface area contributed by atoms with Crippen LogP contribution in [0.5, 0.6) is 5.75 Å². The molecule has 0 unspecified atom stereocenters. The van der Waals surface area contributed by atoms with Gasteiger partial charge in [0.1, 0.15) is 78.3 Å². The van der Waals surface area contributed by atoms with E-state index in [0.29, 0.717) is 37.0 Å². The topological polar surface area (TPSA) is 702 Å². The Balaban J connectivity index is 3.71. The van der Waals surface area contributed by atoms with Gasteiger partial charge in [-0.25, -0.2) is 0 Å². The Labute approximate surface area is 659 Å². The van der Waals surface area contributed by atoms with E-state index in [1.165, 1.54) is 54.7 Å². The average Bonchev–Trinajstić information content (AvgIpc) is 0.856. The summed E-state index contributed by atoms with van der Waals surface area (Å²) in [4.78, 5) is 217. The van der Waals surface area contributed by atoms with Crippen LogP contribution in [-0.2, 0) is 83.1 Å². The van der Waals surface area contributed by atoms with E-state index in [1.54, 1.807) is 26.4 Å². The van der Waals surface area contributed by atoms with Crippen LogP contribution in [-0.4, -0.2) is 263 Å². The maximum atomic E-state index is 14.7. The Morgan fingerprint density at radius 3 is 1.28 bits per heavy atom. The van der Waals surface area contributed by atoms with Crippen molar-refractivity contribution in [3.63, 3.8) is 0 Å². The smallest absolute Gasteiger partial charge is 0.305 e. The molecule has 41 nitrogen and oxygen atoms in total. The van der Waals surface area contributed by atoms with E-state index in [2.05, 4.69) is 74.4 Å². The molecule has 1 rings (SSSR count). The largest absolute Gasteiger partial charge is 0.508 e. The second-order valence-electron chi connectivity index (χ2n) is 27.0. The number of phenols is 1. The van der Waals surface area contributed by atoms with E-state index in [4.69, 9.17) is 39.8 Å². The van der Waals surface area contributed by atoms with E-state index in [0.717, 1.165) is 6.92 Å². The van der Waals surface area contributed by atoms with Crippen LogP contribution < -0.4 is 109 Å². The highest BCUT2D eigenvalue weighted by molar-refractivity contribution is 7.98. The first-order valence-corrected chi connectivity index (χ1v) is 39.6. The predicted molar refractivity (Wildman–Crippen MR) is 416 cm³/mol. The standard InChI is InChI=1S/C69H119N21O20S2/c1-37(2)32-49(64(106)84-45(17-13-29-77-69(75)76)61(103)89-52(36-91)67(109)86-48(25-31-112-6)63(105)90-56(38(3)92)68(110)88-51(34-55(97)98)66(108)81-42(57(74)99)14-7-10-26-70)87-60(102)44(16-9-12-28-72)82-59(101)43(15-8-11-27-71)83-62(104)46(22-23-53(73)95)85-65(107)50(33-40-18-20-41(94)21-19-40)80-54(96)35-78-58(100)47(24-30-111-5)79-39(4)93/h18-21,37-38,42-52,56,91-92,94H,7-17,22-36,70-72H2,1-6H3,(H2,73,95)(H2,74,99)(H,78,100)(H,79,93)(H,80,96)(H,81,108)(H,82,101)(H,83,104)(H,84,106)(H,85,107)(H,86,109)(H,87,102)(H,88,110)(H,89,103)(H,90,105)(H,97,98)(H4,75,76,77)/t38-,42+,43+,44+,45+,46+,47+,48+,49+,50+,51+,52+,56+/m1/s1. The second kappa shape index (κ2) is 55.7. The molecule has 0 heterocycles. The number of hydrogen-bond acceptors (Lipinski definition) is 25. The number of carboxylic acids is 1. The molecule has 43 heteroatoms. The van der Waals surface area contributed by atoms with Gasteiger partial charge in [-0.15, -0.1) is 0 Å². The number of primary amides is 2. The minimum Gasteiger partial charge on any atom is -0.508 e. The lowest BCUT2D eigenvalue weighted by atomic mass is 10.0. The van der Waals surface area contributed by atoms with Gasteiger partial charge >= 0.3 is 5.97 Å². The number of phenolic OH excluding ortho intramolecular Hbond substituents is 1. The minimum atomic E-state index is -1.92. The van der Waals surface area contributed by atoms with Crippen LogP contribution in [0.3, 0.4) is 0 Å². The highest BCUT2D eigenvalue weighted by atomic mass is 32.2. The first-order valence-electron chi connectivity index (χ1n) is 36.9. The number of unbranched alkanes of at least 4 members (excludes halogenated alkanes) is 3. The van der Waals surface area contributed by atoms with Crippen molar-refractivity contribution < 1.29 is 97.1 Å². The van der Waals surface area contributed by atoms with Crippen LogP contribution in [0.25, 0.3) is 0 Å². The Hall–Kier alpha value is -9.69. The van der Waals surface area contributed by atoms with Crippen LogP contribution in [0, 0.1) is 11.3 Å². The number of rotatable bonds is 59. The van der Waals surface area contributed by atoms with E-state index in [1.807, 2.05) is 0 Å². The number of aliphatic hydroxyl groups is 2. The average molecular weight is 1630 g/mol. The number of hydrogen-bond donors (Lipinski definition) is 25.